The van der Waals surface area contributed by atoms with Crippen molar-refractivity contribution in [2.75, 3.05) is 36.4 Å². The molecule has 2 aromatic rings. The molecule has 2 fully saturated rings. The van der Waals surface area contributed by atoms with E-state index < -0.39 is 0 Å². The van der Waals surface area contributed by atoms with Gasteiger partial charge in [0.15, 0.2) is 0 Å². The van der Waals surface area contributed by atoms with Gasteiger partial charge in [-0.05, 0) is 49.4 Å². The molecule has 28 heavy (non-hydrogen) atoms. The van der Waals surface area contributed by atoms with Gasteiger partial charge < -0.3 is 19.9 Å². The first kappa shape index (κ1) is 18.7. The number of amides is 1. The normalized spacial score (nSPS) is 17.6. The third-order valence-electron chi connectivity index (χ3n) is 5.65. The molecule has 2 saturated heterocycles. The minimum Gasteiger partial charge on any atom is -0.445 e. The predicted octanol–water partition coefficient (Wildman–Crippen LogP) is 4.50. The van der Waals surface area contributed by atoms with Crippen LogP contribution in [0.2, 0.25) is 0 Å². The summed E-state index contributed by atoms with van der Waals surface area (Å²) in [5.74, 6) is 0. The monoisotopic (exact) mass is 379 g/mol. The van der Waals surface area contributed by atoms with E-state index in [0.29, 0.717) is 12.6 Å². The summed E-state index contributed by atoms with van der Waals surface area (Å²) >= 11 is 0. The number of ether oxygens (including phenoxy) is 1. The molecule has 0 radical (unpaired) electrons. The molecule has 1 N–H and O–H groups in total. The molecule has 2 aliphatic rings. The maximum absolute atomic E-state index is 12.3. The molecule has 0 unspecified atom stereocenters. The molecule has 0 aliphatic carbocycles. The van der Waals surface area contributed by atoms with Crippen LogP contribution in [-0.2, 0) is 11.3 Å². The maximum Gasteiger partial charge on any atom is 0.410 e. The van der Waals surface area contributed by atoms with Crippen LogP contribution in [0.15, 0.2) is 54.6 Å². The van der Waals surface area contributed by atoms with Crippen molar-refractivity contribution in [3.8, 4) is 0 Å². The van der Waals surface area contributed by atoms with E-state index in [1.54, 1.807) is 0 Å². The summed E-state index contributed by atoms with van der Waals surface area (Å²) < 4.78 is 5.45. The van der Waals surface area contributed by atoms with Gasteiger partial charge in [0.05, 0.1) is 0 Å². The Hall–Kier alpha value is -2.69. The molecule has 2 aromatic carbocycles. The van der Waals surface area contributed by atoms with Gasteiger partial charge >= 0.3 is 6.09 Å². The molecule has 2 aliphatic heterocycles. The van der Waals surface area contributed by atoms with Crippen molar-refractivity contribution in [2.24, 2.45) is 0 Å². The standard InChI is InChI=1S/C23H29N3O2/c27-23(28-18-19-7-2-1-3-8-19)26-15-11-20(12-16-26)24-21-9-6-10-22(17-21)25-13-4-5-14-25/h1-3,6-10,17,20,24H,4-5,11-16,18H2. The Bertz CT molecular complexity index is 766. The second-order valence-corrected chi connectivity index (χ2v) is 7.69. The number of hydrogen-bond acceptors (Lipinski definition) is 4. The fourth-order valence-corrected chi connectivity index (χ4v) is 4.02. The van der Waals surface area contributed by atoms with Crippen molar-refractivity contribution in [3.63, 3.8) is 0 Å². The molecule has 0 spiro atoms. The number of nitrogens with one attached hydrogen (secondary N) is 1. The van der Waals surface area contributed by atoms with Gasteiger partial charge in [-0.25, -0.2) is 4.79 Å². The van der Waals surface area contributed by atoms with Gasteiger partial charge in [0.25, 0.3) is 0 Å². The Kier molecular flexibility index (Phi) is 6.00. The highest BCUT2D eigenvalue weighted by Crippen LogP contribution is 2.25. The molecule has 2 heterocycles. The first-order valence-electron chi connectivity index (χ1n) is 10.3. The minimum atomic E-state index is -0.210. The number of hydrogen-bond donors (Lipinski definition) is 1. The number of anilines is 2. The zero-order valence-electron chi connectivity index (χ0n) is 16.3. The van der Waals surface area contributed by atoms with E-state index >= 15 is 0 Å². The number of nitrogens with zero attached hydrogens (tertiary/aromatic N) is 2. The lowest BCUT2D eigenvalue weighted by Gasteiger charge is -2.32. The predicted molar refractivity (Wildman–Crippen MR) is 113 cm³/mol. The van der Waals surface area contributed by atoms with Crippen LogP contribution in [0.1, 0.15) is 31.2 Å². The van der Waals surface area contributed by atoms with Crippen LogP contribution in [0.25, 0.3) is 0 Å². The highest BCUT2D eigenvalue weighted by molar-refractivity contribution is 5.67. The van der Waals surface area contributed by atoms with Gasteiger partial charge in [-0.1, -0.05) is 36.4 Å². The summed E-state index contributed by atoms with van der Waals surface area (Å²) in [6, 6.07) is 18.9. The summed E-state index contributed by atoms with van der Waals surface area (Å²) in [6.45, 7) is 4.12. The van der Waals surface area contributed by atoms with Gasteiger partial charge in [-0.3, -0.25) is 0 Å². The van der Waals surface area contributed by atoms with E-state index in [4.69, 9.17) is 4.74 Å². The lowest BCUT2D eigenvalue weighted by atomic mass is 10.0. The number of piperidine rings is 1. The Morgan fingerprint density at radius 2 is 1.71 bits per heavy atom. The first-order valence-corrected chi connectivity index (χ1v) is 10.3. The molecule has 148 valence electrons. The van der Waals surface area contributed by atoms with E-state index in [9.17, 15) is 4.79 Å². The first-order chi connectivity index (χ1) is 13.8. The highest BCUT2D eigenvalue weighted by Gasteiger charge is 2.24. The van der Waals surface area contributed by atoms with Gasteiger partial charge in [0, 0.05) is 43.6 Å². The molecule has 0 atom stereocenters. The molecular formula is C23H29N3O2. The number of carbonyl (C=O) groups excluding carboxylic acids is 1. The average molecular weight is 380 g/mol. The fourth-order valence-electron chi connectivity index (χ4n) is 4.02. The SMILES string of the molecule is O=C(OCc1ccccc1)N1CCC(Nc2cccc(N3CCCC3)c2)CC1. The van der Waals surface area contributed by atoms with E-state index in [1.165, 1.54) is 24.2 Å². The van der Waals surface area contributed by atoms with Crippen molar-refractivity contribution in [1.29, 1.82) is 0 Å². The quantitative estimate of drug-likeness (QED) is 0.831. The van der Waals surface area contributed by atoms with Gasteiger partial charge in [-0.15, -0.1) is 0 Å². The largest absolute Gasteiger partial charge is 0.445 e. The van der Waals surface area contributed by atoms with E-state index in [1.807, 2.05) is 35.2 Å². The molecule has 1 amide bonds. The van der Waals surface area contributed by atoms with Gasteiger partial charge in [0.2, 0.25) is 0 Å². The van der Waals surface area contributed by atoms with Crippen LogP contribution in [0.4, 0.5) is 16.2 Å². The smallest absolute Gasteiger partial charge is 0.410 e. The highest BCUT2D eigenvalue weighted by atomic mass is 16.6. The van der Waals surface area contributed by atoms with Crippen LogP contribution in [-0.4, -0.2) is 43.2 Å². The maximum atomic E-state index is 12.3. The number of benzene rings is 2. The molecule has 4 rings (SSSR count). The summed E-state index contributed by atoms with van der Waals surface area (Å²) in [4.78, 5) is 16.6. The molecule has 5 heteroatoms. The molecular weight excluding hydrogens is 350 g/mol. The number of rotatable bonds is 5. The van der Waals surface area contributed by atoms with Crippen LogP contribution in [0.3, 0.4) is 0 Å². The van der Waals surface area contributed by atoms with E-state index in [0.717, 1.165) is 44.6 Å². The van der Waals surface area contributed by atoms with E-state index in [-0.39, 0.29) is 6.09 Å². The summed E-state index contributed by atoms with van der Waals surface area (Å²) in [6.07, 6.45) is 4.24. The van der Waals surface area contributed by atoms with Crippen molar-refractivity contribution in [3.05, 3.63) is 60.2 Å². The van der Waals surface area contributed by atoms with Gasteiger partial charge in [-0.2, -0.15) is 0 Å². The topological polar surface area (TPSA) is 44.8 Å². The minimum absolute atomic E-state index is 0.210. The van der Waals surface area contributed by atoms with Crippen LogP contribution < -0.4 is 10.2 Å². The molecule has 0 saturated carbocycles. The Labute approximate surface area is 167 Å². The zero-order valence-corrected chi connectivity index (χ0v) is 16.3. The summed E-state index contributed by atoms with van der Waals surface area (Å²) in [5, 5.41) is 3.66. The lowest BCUT2D eigenvalue weighted by Crippen LogP contribution is -2.42. The lowest BCUT2D eigenvalue weighted by molar-refractivity contribution is 0.0882. The number of likely N-dealkylation sites (tertiary alicyclic amines) is 1. The van der Waals surface area contributed by atoms with Crippen LogP contribution in [0.5, 0.6) is 0 Å². The van der Waals surface area contributed by atoms with E-state index in [2.05, 4.69) is 34.5 Å². The van der Waals surface area contributed by atoms with Crippen molar-refractivity contribution < 1.29 is 9.53 Å². The number of carbonyl (C=O) groups is 1. The van der Waals surface area contributed by atoms with Crippen molar-refractivity contribution in [2.45, 2.75) is 38.3 Å². The third-order valence-corrected chi connectivity index (χ3v) is 5.65. The zero-order chi connectivity index (χ0) is 19.2. The second-order valence-electron chi connectivity index (χ2n) is 7.69. The Morgan fingerprint density at radius 3 is 2.46 bits per heavy atom. The van der Waals surface area contributed by atoms with Crippen molar-refractivity contribution in [1.82, 2.24) is 4.90 Å². The fraction of sp³-hybridized carbons (Fsp3) is 0.435. The summed E-state index contributed by atoms with van der Waals surface area (Å²) in [5.41, 5.74) is 3.50. The average Bonchev–Trinajstić information content (AvgIpc) is 3.29. The van der Waals surface area contributed by atoms with Crippen molar-refractivity contribution >= 4 is 17.5 Å². The second kappa shape index (κ2) is 9.00. The summed E-state index contributed by atoms with van der Waals surface area (Å²) in [7, 11) is 0. The Morgan fingerprint density at radius 1 is 0.964 bits per heavy atom. The Balaban J connectivity index is 1.24. The van der Waals surface area contributed by atoms with Crippen LogP contribution in [0, 0.1) is 0 Å². The molecule has 0 bridgehead atoms. The third kappa shape index (κ3) is 4.77. The van der Waals surface area contributed by atoms with Crippen LogP contribution >= 0.6 is 0 Å². The molecule has 5 nitrogen and oxygen atoms in total. The molecule has 0 aromatic heterocycles. The van der Waals surface area contributed by atoms with Gasteiger partial charge in [0.1, 0.15) is 6.61 Å².